The highest BCUT2D eigenvalue weighted by atomic mass is 127. The summed E-state index contributed by atoms with van der Waals surface area (Å²) in [6, 6.07) is 1.84. The van der Waals surface area contributed by atoms with Crippen molar-refractivity contribution in [3.05, 3.63) is 26.6 Å². The van der Waals surface area contributed by atoms with Gasteiger partial charge in [0, 0.05) is 15.3 Å². The number of hydrogen-bond donors (Lipinski definition) is 0. The van der Waals surface area contributed by atoms with Crippen LogP contribution in [-0.4, -0.2) is 17.6 Å². The molecule has 0 aromatic carbocycles. The third kappa shape index (κ3) is 3.35. The van der Waals surface area contributed by atoms with Gasteiger partial charge in [0.2, 0.25) is 0 Å². The summed E-state index contributed by atoms with van der Waals surface area (Å²) in [6.45, 7) is 1.80. The summed E-state index contributed by atoms with van der Waals surface area (Å²) in [5.74, 6) is -0.616. The van der Waals surface area contributed by atoms with Crippen LogP contribution in [0.2, 0.25) is 0 Å². The number of carbonyl (C=O) groups excluding carboxylic acids is 1. The van der Waals surface area contributed by atoms with Crippen molar-refractivity contribution in [2.45, 2.75) is 19.8 Å². The maximum Gasteiger partial charge on any atom is 0.310 e. The summed E-state index contributed by atoms with van der Waals surface area (Å²) in [7, 11) is 0. The topological polar surface area (TPSA) is 63.0 Å². The van der Waals surface area contributed by atoms with Gasteiger partial charge in [-0.15, -0.1) is 0 Å². The lowest BCUT2D eigenvalue weighted by Gasteiger charge is -2.10. The molecule has 0 bridgehead atoms. The van der Waals surface area contributed by atoms with Crippen LogP contribution in [0.5, 0.6) is 0 Å². The van der Waals surface area contributed by atoms with Gasteiger partial charge in [-0.1, -0.05) is 0 Å². The van der Waals surface area contributed by atoms with E-state index in [1.54, 1.807) is 29.5 Å². The number of alkyl halides is 2. The monoisotopic (exact) mass is 366 g/mol. The number of esters is 1. The third-order valence-electron chi connectivity index (χ3n) is 2.10. The molecule has 0 unspecified atom stereocenters. The maximum atomic E-state index is 12.8. The van der Waals surface area contributed by atoms with Crippen LogP contribution in [0.4, 0.5) is 8.78 Å². The third-order valence-corrected chi connectivity index (χ3v) is 3.33. The molecular weight excluding hydrogens is 357 g/mol. The second-order valence-corrected chi connectivity index (χ2v) is 4.32. The molecular formula is C11H9F2IN2O2. The fourth-order valence-electron chi connectivity index (χ4n) is 1.33. The summed E-state index contributed by atoms with van der Waals surface area (Å²) in [5, 5.41) is 8.81. The smallest absolute Gasteiger partial charge is 0.310 e. The van der Waals surface area contributed by atoms with Crippen molar-refractivity contribution in [1.29, 1.82) is 5.26 Å². The molecule has 0 aliphatic carbocycles. The van der Waals surface area contributed by atoms with E-state index in [0.717, 1.165) is 6.20 Å². The van der Waals surface area contributed by atoms with Crippen LogP contribution in [0.25, 0.3) is 0 Å². The minimum absolute atomic E-state index is 0.0584. The molecule has 96 valence electrons. The summed E-state index contributed by atoms with van der Waals surface area (Å²) in [6.07, 6.45) is -2.03. The molecule has 0 atom stereocenters. The Hall–Kier alpha value is -1.30. The summed E-state index contributed by atoms with van der Waals surface area (Å²) in [4.78, 5) is 14.9. The van der Waals surface area contributed by atoms with Gasteiger partial charge in [-0.25, -0.2) is 8.78 Å². The average molecular weight is 366 g/mol. The van der Waals surface area contributed by atoms with Gasteiger partial charge in [0.1, 0.15) is 11.8 Å². The molecule has 4 nitrogen and oxygen atoms in total. The van der Waals surface area contributed by atoms with Gasteiger partial charge in [0.25, 0.3) is 6.43 Å². The standard InChI is InChI=1S/C11H9F2IN2O2/c1-2-18-8(17)3-7-9(14)6(4-15)5-16-10(7)11(12)13/h5,11H,2-3H2,1H3. The van der Waals surface area contributed by atoms with E-state index in [1.807, 2.05) is 6.07 Å². The molecule has 1 aromatic heterocycles. The zero-order valence-corrected chi connectivity index (χ0v) is 11.6. The van der Waals surface area contributed by atoms with Gasteiger partial charge in [-0.3, -0.25) is 9.78 Å². The molecule has 1 rings (SSSR count). The number of hydrogen-bond acceptors (Lipinski definition) is 4. The first kappa shape index (κ1) is 14.8. The van der Waals surface area contributed by atoms with E-state index in [0.29, 0.717) is 3.57 Å². The van der Waals surface area contributed by atoms with Gasteiger partial charge in [0.15, 0.2) is 0 Å². The number of pyridine rings is 1. The van der Waals surface area contributed by atoms with Crippen LogP contribution in [0.1, 0.15) is 30.2 Å². The fourth-order valence-corrected chi connectivity index (χ4v) is 2.06. The molecule has 0 saturated heterocycles. The second-order valence-electron chi connectivity index (χ2n) is 3.24. The van der Waals surface area contributed by atoms with Crippen molar-refractivity contribution in [3.63, 3.8) is 0 Å². The number of aromatic nitrogens is 1. The summed E-state index contributed by atoms with van der Waals surface area (Å²) >= 11 is 1.76. The molecule has 1 aromatic rings. The Bertz CT molecular complexity index is 501. The molecule has 0 fully saturated rings. The number of rotatable bonds is 4. The quantitative estimate of drug-likeness (QED) is 0.607. The van der Waals surface area contributed by atoms with Crippen molar-refractivity contribution < 1.29 is 18.3 Å². The minimum Gasteiger partial charge on any atom is -0.466 e. The van der Waals surface area contributed by atoms with Crippen molar-refractivity contribution in [1.82, 2.24) is 4.98 Å². The Labute approximate surface area is 116 Å². The van der Waals surface area contributed by atoms with E-state index in [4.69, 9.17) is 10.00 Å². The predicted octanol–water partition coefficient (Wildman–Crippen LogP) is 2.60. The first-order valence-electron chi connectivity index (χ1n) is 5.02. The normalized spacial score (nSPS) is 10.2. The lowest BCUT2D eigenvalue weighted by atomic mass is 10.1. The molecule has 1 heterocycles. The predicted molar refractivity (Wildman–Crippen MR) is 67.0 cm³/mol. The van der Waals surface area contributed by atoms with Crippen molar-refractivity contribution in [2.24, 2.45) is 0 Å². The van der Waals surface area contributed by atoms with E-state index >= 15 is 0 Å². The van der Waals surface area contributed by atoms with Gasteiger partial charge < -0.3 is 4.74 Å². The van der Waals surface area contributed by atoms with Crippen LogP contribution in [0.15, 0.2) is 6.20 Å². The molecule has 0 saturated carbocycles. The van der Waals surface area contributed by atoms with Crippen molar-refractivity contribution >= 4 is 28.6 Å². The molecule has 0 amide bonds. The van der Waals surface area contributed by atoms with E-state index in [9.17, 15) is 13.6 Å². The average Bonchev–Trinajstić information content (AvgIpc) is 2.31. The Morgan fingerprint density at radius 1 is 1.67 bits per heavy atom. The Morgan fingerprint density at radius 3 is 2.83 bits per heavy atom. The lowest BCUT2D eigenvalue weighted by Crippen LogP contribution is -2.13. The molecule has 0 N–H and O–H groups in total. The minimum atomic E-state index is -2.80. The summed E-state index contributed by atoms with van der Waals surface area (Å²) in [5.41, 5.74) is -0.256. The largest absolute Gasteiger partial charge is 0.466 e. The number of halogens is 3. The van der Waals surface area contributed by atoms with Crippen LogP contribution in [0, 0.1) is 14.9 Å². The van der Waals surface area contributed by atoms with Crippen LogP contribution in [-0.2, 0) is 16.0 Å². The zero-order valence-electron chi connectivity index (χ0n) is 9.41. The number of nitrogens with zero attached hydrogens (tertiary/aromatic N) is 2. The molecule has 0 radical (unpaired) electrons. The molecule has 18 heavy (non-hydrogen) atoms. The van der Waals surface area contributed by atoms with E-state index in [2.05, 4.69) is 4.98 Å². The zero-order chi connectivity index (χ0) is 13.7. The maximum absolute atomic E-state index is 12.8. The number of nitriles is 1. The first-order chi connectivity index (χ1) is 8.51. The van der Waals surface area contributed by atoms with Crippen LogP contribution in [0.3, 0.4) is 0 Å². The summed E-state index contributed by atoms with van der Waals surface area (Å²) < 4.78 is 30.6. The fraction of sp³-hybridized carbons (Fsp3) is 0.364. The highest BCUT2D eigenvalue weighted by Gasteiger charge is 2.22. The van der Waals surface area contributed by atoms with Crippen LogP contribution >= 0.6 is 22.6 Å². The van der Waals surface area contributed by atoms with Crippen LogP contribution < -0.4 is 0 Å². The van der Waals surface area contributed by atoms with Gasteiger partial charge in [0.05, 0.1) is 18.6 Å². The van der Waals surface area contributed by atoms with Crippen molar-refractivity contribution in [2.75, 3.05) is 6.61 Å². The number of ether oxygens (including phenoxy) is 1. The van der Waals surface area contributed by atoms with E-state index < -0.39 is 18.1 Å². The second kappa shape index (κ2) is 6.58. The van der Waals surface area contributed by atoms with Gasteiger partial charge >= 0.3 is 5.97 Å². The van der Waals surface area contributed by atoms with Gasteiger partial charge in [-0.2, -0.15) is 5.26 Å². The SMILES string of the molecule is CCOC(=O)Cc1c(C(F)F)ncc(C#N)c1I. The molecule has 0 spiro atoms. The lowest BCUT2D eigenvalue weighted by molar-refractivity contribution is -0.142. The molecule has 0 aliphatic rings. The Kier molecular flexibility index (Phi) is 5.40. The Morgan fingerprint density at radius 2 is 2.33 bits per heavy atom. The Balaban J connectivity index is 3.20. The highest BCUT2D eigenvalue weighted by Crippen LogP contribution is 2.27. The van der Waals surface area contributed by atoms with Gasteiger partial charge in [-0.05, 0) is 29.5 Å². The van der Waals surface area contributed by atoms with E-state index in [1.165, 1.54) is 0 Å². The first-order valence-corrected chi connectivity index (χ1v) is 6.10. The van der Waals surface area contributed by atoms with E-state index in [-0.39, 0.29) is 24.2 Å². The molecule has 0 aliphatic heterocycles. The van der Waals surface area contributed by atoms with Crippen molar-refractivity contribution in [3.8, 4) is 6.07 Å². The number of carbonyl (C=O) groups is 1. The highest BCUT2D eigenvalue weighted by molar-refractivity contribution is 14.1. The molecule has 7 heteroatoms.